The van der Waals surface area contributed by atoms with E-state index in [1.54, 1.807) is 42.3 Å². The van der Waals surface area contributed by atoms with Crippen LogP contribution in [0.4, 0.5) is 8.78 Å². The van der Waals surface area contributed by atoms with Gasteiger partial charge in [-0.25, -0.2) is 13.6 Å². The molecule has 3 saturated heterocycles. The molecule has 1 saturated carbocycles. The molecule has 3 aliphatic heterocycles. The number of aryl methyl sites for hydroxylation is 2. The van der Waals surface area contributed by atoms with Crippen molar-refractivity contribution in [3.8, 4) is 22.6 Å². The number of likely N-dealkylation sites (tertiary alicyclic amines) is 1. The molecule has 4 aromatic rings. The quantitative estimate of drug-likeness (QED) is 0.239. The van der Waals surface area contributed by atoms with Crippen LogP contribution in [-0.4, -0.2) is 106 Å². The van der Waals surface area contributed by atoms with Gasteiger partial charge >= 0.3 is 5.69 Å². The van der Waals surface area contributed by atoms with E-state index in [4.69, 9.17) is 9.47 Å². The summed E-state index contributed by atoms with van der Waals surface area (Å²) in [5, 5.41) is 2.35. The third-order valence-electron chi connectivity index (χ3n) is 12.6. The molecule has 57 heavy (non-hydrogen) atoms. The number of imide groups is 1. The molecule has 2 unspecified atom stereocenters. The van der Waals surface area contributed by atoms with E-state index in [1.807, 2.05) is 48.4 Å². The van der Waals surface area contributed by atoms with Crippen LogP contribution in [0.5, 0.6) is 11.5 Å². The van der Waals surface area contributed by atoms with Crippen LogP contribution in [0.1, 0.15) is 66.3 Å². The Morgan fingerprint density at radius 3 is 2.21 bits per heavy atom. The van der Waals surface area contributed by atoms with Crippen molar-refractivity contribution in [1.82, 2.24) is 33.7 Å². The Labute approximate surface area is 329 Å². The first-order chi connectivity index (χ1) is 27.3. The number of nitrogens with one attached hydrogen (secondary N) is 1. The number of rotatable bonds is 10. The number of nitrogens with zero attached hydrogens (tertiary/aromatic N) is 6. The second kappa shape index (κ2) is 15.1. The number of aromatic nitrogens is 3. The van der Waals surface area contributed by atoms with E-state index in [-0.39, 0.29) is 42.5 Å². The van der Waals surface area contributed by atoms with E-state index >= 15 is 8.78 Å². The van der Waals surface area contributed by atoms with Gasteiger partial charge in [0.05, 0.1) is 43.4 Å². The number of ether oxygens (including phenoxy) is 2. The van der Waals surface area contributed by atoms with Crippen molar-refractivity contribution < 1.29 is 27.8 Å². The normalized spacial score (nSPS) is 22.2. The molecule has 5 heterocycles. The van der Waals surface area contributed by atoms with Gasteiger partial charge in [-0.1, -0.05) is 12.1 Å². The summed E-state index contributed by atoms with van der Waals surface area (Å²) in [7, 11) is 6.60. The maximum atomic E-state index is 16.1. The Bertz CT molecular complexity index is 2330. The molecular weight excluding hydrogens is 737 g/mol. The molecule has 13 nitrogen and oxygen atoms in total. The summed E-state index contributed by atoms with van der Waals surface area (Å²) >= 11 is 0. The molecule has 4 fully saturated rings. The van der Waals surface area contributed by atoms with Crippen LogP contribution in [0.3, 0.4) is 0 Å². The van der Waals surface area contributed by atoms with E-state index in [9.17, 15) is 19.2 Å². The van der Waals surface area contributed by atoms with Crippen molar-refractivity contribution in [3.63, 3.8) is 0 Å². The van der Waals surface area contributed by atoms with Gasteiger partial charge in [0, 0.05) is 83.7 Å². The third kappa shape index (κ3) is 7.18. The first-order valence-electron chi connectivity index (χ1n) is 19.8. The van der Waals surface area contributed by atoms with Gasteiger partial charge in [0.1, 0.15) is 17.5 Å². The van der Waals surface area contributed by atoms with Crippen molar-refractivity contribution >= 4 is 22.8 Å². The van der Waals surface area contributed by atoms with Crippen molar-refractivity contribution in [2.45, 2.75) is 76.0 Å². The molecule has 304 valence electrons. The van der Waals surface area contributed by atoms with Crippen LogP contribution < -0.4 is 26.0 Å². The highest BCUT2D eigenvalue weighted by molar-refractivity contribution is 6.00. The summed E-state index contributed by atoms with van der Waals surface area (Å²) in [4.78, 5) is 56.7. The van der Waals surface area contributed by atoms with Crippen molar-refractivity contribution in [2.24, 2.45) is 14.1 Å². The zero-order valence-electron chi connectivity index (χ0n) is 33.3. The fraction of sp³-hybridized carbons (Fsp3) is 0.524. The van der Waals surface area contributed by atoms with E-state index in [0.717, 1.165) is 46.2 Å². The van der Waals surface area contributed by atoms with Crippen LogP contribution in [0.25, 0.3) is 22.2 Å². The number of halogens is 2. The van der Waals surface area contributed by atoms with Crippen LogP contribution in [0, 0.1) is 6.92 Å². The third-order valence-corrected chi connectivity index (χ3v) is 12.6. The number of benzene rings is 2. The average Bonchev–Trinajstić information content (AvgIpc) is 3.99. The minimum Gasteiger partial charge on any atom is -0.496 e. The zero-order chi connectivity index (χ0) is 40.3. The summed E-state index contributed by atoms with van der Waals surface area (Å²) in [6.45, 7) is 5.00. The number of piperazine rings is 1. The molecule has 1 aliphatic carbocycles. The maximum Gasteiger partial charge on any atom is 0.329 e. The van der Waals surface area contributed by atoms with Gasteiger partial charge < -0.3 is 14.0 Å². The molecule has 2 aromatic heterocycles. The molecule has 0 spiro atoms. The maximum absolute atomic E-state index is 16.1. The number of imidazole rings is 1. The van der Waals surface area contributed by atoms with Gasteiger partial charge in [-0.05, 0) is 73.4 Å². The second-order valence-electron chi connectivity index (χ2n) is 16.2. The Morgan fingerprint density at radius 1 is 0.877 bits per heavy atom. The molecule has 4 aliphatic rings. The van der Waals surface area contributed by atoms with Gasteiger partial charge in [-0.3, -0.25) is 43.5 Å². The van der Waals surface area contributed by atoms with Gasteiger partial charge in [-0.15, -0.1) is 0 Å². The first kappa shape index (κ1) is 39.0. The monoisotopic (exact) mass is 787 g/mol. The molecule has 2 amide bonds. The predicted octanol–water partition coefficient (Wildman–Crippen LogP) is 3.91. The van der Waals surface area contributed by atoms with Crippen LogP contribution in [0.15, 0.2) is 46.1 Å². The van der Waals surface area contributed by atoms with E-state index in [1.165, 1.54) is 4.57 Å². The van der Waals surface area contributed by atoms with Gasteiger partial charge in [0.15, 0.2) is 0 Å². The lowest BCUT2D eigenvalue weighted by molar-refractivity contribution is -0.136. The number of carbonyl (C=O) groups is 2. The number of carbonyl (C=O) groups excluding carboxylic acids is 2. The molecule has 8 rings (SSSR count). The Balaban J connectivity index is 0.931. The number of fused-ring (bicyclic) bond motifs is 1. The molecule has 0 radical (unpaired) electrons. The highest BCUT2D eigenvalue weighted by Crippen LogP contribution is 2.44. The average molecular weight is 788 g/mol. The fourth-order valence-electron chi connectivity index (χ4n) is 9.44. The predicted molar refractivity (Wildman–Crippen MR) is 211 cm³/mol. The number of para-hydroxylation sites is 1. The highest BCUT2D eigenvalue weighted by atomic mass is 19.3. The van der Waals surface area contributed by atoms with Crippen molar-refractivity contribution in [1.29, 1.82) is 0 Å². The summed E-state index contributed by atoms with van der Waals surface area (Å²) in [6.07, 6.45) is 4.60. The molecule has 0 bridgehead atoms. The van der Waals surface area contributed by atoms with Gasteiger partial charge in [-0.2, -0.15) is 0 Å². The minimum absolute atomic E-state index is 0.0314. The zero-order valence-corrected chi connectivity index (χ0v) is 33.3. The lowest BCUT2D eigenvalue weighted by atomic mass is 9.94. The second-order valence-corrected chi connectivity index (χ2v) is 16.2. The number of hydrogen-bond donors (Lipinski definition) is 1. The fourth-order valence-corrected chi connectivity index (χ4v) is 9.44. The van der Waals surface area contributed by atoms with Gasteiger partial charge in [0.25, 0.3) is 11.5 Å². The van der Waals surface area contributed by atoms with Crippen molar-refractivity contribution in [2.75, 3.05) is 53.5 Å². The molecule has 2 atom stereocenters. The summed E-state index contributed by atoms with van der Waals surface area (Å²) in [5.74, 6) is -2.38. The summed E-state index contributed by atoms with van der Waals surface area (Å²) in [6, 6.07) is 7.82. The SMILES string of the molecule is COc1cc(-c2cn(C)c(=O)c(C3CC3)c2C)cc(OC)c1CN1CCC(N2CCN(Cc3cccc4c3n(C)c(=O)n4C3CCC(=O)NC3=O)CC2)C(F)(F)C1. The van der Waals surface area contributed by atoms with E-state index < -0.39 is 30.5 Å². The number of piperidine rings is 2. The number of hydrogen-bond acceptors (Lipinski definition) is 9. The summed E-state index contributed by atoms with van der Waals surface area (Å²) in [5.41, 5.74) is 6.25. The number of pyridine rings is 1. The van der Waals surface area contributed by atoms with Crippen LogP contribution in [-0.2, 0) is 36.8 Å². The van der Waals surface area contributed by atoms with Gasteiger partial charge in [0.2, 0.25) is 11.8 Å². The standard InChI is InChI=1S/C42H51F2N7O6/c1-25-29(22-46(2)40(54)37(25)26-9-10-26)28-19-33(56-4)30(34(20-28)57-5)23-49-14-13-35(42(43,44)24-49)50-17-15-48(16-18-50)21-27-7-6-8-31-38(27)47(3)41(55)51(31)32-11-12-36(52)45-39(32)53/h6-8,19-20,22,26,32,35H,9-18,21,23-24H2,1-5H3,(H,45,52,53). The number of amides is 2. The van der Waals surface area contributed by atoms with Crippen LogP contribution >= 0.6 is 0 Å². The van der Waals surface area contributed by atoms with Crippen molar-refractivity contribution in [3.05, 3.63) is 79.6 Å². The highest BCUT2D eigenvalue weighted by Gasteiger charge is 2.48. The first-order valence-corrected chi connectivity index (χ1v) is 19.8. The smallest absolute Gasteiger partial charge is 0.329 e. The Morgan fingerprint density at radius 2 is 1.58 bits per heavy atom. The molecule has 1 N–H and O–H groups in total. The minimum atomic E-state index is -2.95. The Kier molecular flexibility index (Phi) is 10.4. The number of alkyl halides is 2. The Hall–Kier alpha value is -4.86. The van der Waals surface area contributed by atoms with Crippen LogP contribution in [0.2, 0.25) is 0 Å². The molecular formula is C42H51F2N7O6. The lowest BCUT2D eigenvalue weighted by Gasteiger charge is -2.46. The topological polar surface area (TPSA) is 123 Å². The molecule has 15 heteroatoms. The largest absolute Gasteiger partial charge is 0.496 e. The number of methoxy groups -OCH3 is 2. The molecule has 2 aromatic carbocycles. The summed E-state index contributed by atoms with van der Waals surface area (Å²) < 4.78 is 48.6. The van der Waals surface area contributed by atoms with E-state index in [2.05, 4.69) is 10.2 Å². The lowest BCUT2D eigenvalue weighted by Crippen LogP contribution is -2.61. The van der Waals surface area contributed by atoms with E-state index in [0.29, 0.717) is 68.3 Å².